The minimum atomic E-state index is -1.25. The van der Waals surface area contributed by atoms with Crippen molar-refractivity contribution in [2.45, 2.75) is 18.9 Å². The molecule has 18 heavy (non-hydrogen) atoms. The molecule has 1 rings (SSSR count). The second kappa shape index (κ2) is 7.17. The van der Waals surface area contributed by atoms with Crippen LogP contribution in [0.5, 0.6) is 0 Å². The van der Waals surface area contributed by atoms with Crippen LogP contribution in [0.3, 0.4) is 0 Å². The summed E-state index contributed by atoms with van der Waals surface area (Å²) >= 11 is 0. The van der Waals surface area contributed by atoms with E-state index in [-0.39, 0.29) is 0 Å². The number of likely N-dealkylation sites (tertiary alicyclic amines) is 1. The first-order valence-electron chi connectivity index (χ1n) is 6.09. The van der Waals surface area contributed by atoms with Gasteiger partial charge in [-0.3, -0.25) is 0 Å². The van der Waals surface area contributed by atoms with E-state index in [1.165, 1.54) is 0 Å². The zero-order valence-electron chi connectivity index (χ0n) is 10.6. The number of carbonyl (C=O) groups is 2. The van der Waals surface area contributed by atoms with Crippen molar-refractivity contribution >= 4 is 12.0 Å². The summed E-state index contributed by atoms with van der Waals surface area (Å²) in [6.07, 6.45) is 2.17. The molecule has 1 fully saturated rings. The van der Waals surface area contributed by atoms with E-state index in [4.69, 9.17) is 10.2 Å². The number of carboxylic acid groups (broad SMARTS) is 1. The summed E-state index contributed by atoms with van der Waals surface area (Å²) in [5, 5.41) is 22.3. The standard InChI is InChI=1S/C11H21N3O4/c1-14-4-2-3-8(6-14)5-12-11(18)13-9(7-15)10(16)17/h8-9,15H,2-7H2,1H3,(H,16,17)(H2,12,13,18)/t8?,9-/m1/s1. The molecule has 1 unspecified atom stereocenters. The number of hydrogen-bond acceptors (Lipinski definition) is 4. The van der Waals surface area contributed by atoms with E-state index < -0.39 is 24.6 Å². The maximum absolute atomic E-state index is 11.4. The Morgan fingerprint density at radius 2 is 2.22 bits per heavy atom. The number of piperidine rings is 1. The number of carboxylic acids is 1. The van der Waals surface area contributed by atoms with Crippen molar-refractivity contribution in [2.75, 3.05) is 33.3 Å². The van der Waals surface area contributed by atoms with Gasteiger partial charge < -0.3 is 25.7 Å². The number of aliphatic hydroxyl groups is 1. The number of amides is 2. The monoisotopic (exact) mass is 259 g/mol. The van der Waals surface area contributed by atoms with Gasteiger partial charge in [-0.1, -0.05) is 0 Å². The normalized spacial score (nSPS) is 22.2. The average Bonchev–Trinajstić information content (AvgIpc) is 2.33. The Kier molecular flexibility index (Phi) is 5.87. The van der Waals surface area contributed by atoms with E-state index in [2.05, 4.69) is 15.5 Å². The second-order valence-corrected chi connectivity index (χ2v) is 4.70. The molecule has 7 heteroatoms. The van der Waals surface area contributed by atoms with Gasteiger partial charge in [0, 0.05) is 13.1 Å². The molecule has 0 aromatic carbocycles. The van der Waals surface area contributed by atoms with Crippen LogP contribution < -0.4 is 10.6 Å². The zero-order chi connectivity index (χ0) is 13.5. The predicted molar refractivity (Wildman–Crippen MR) is 65.3 cm³/mol. The lowest BCUT2D eigenvalue weighted by Gasteiger charge is -2.29. The molecule has 0 saturated carbocycles. The third-order valence-corrected chi connectivity index (χ3v) is 3.06. The fraction of sp³-hybridized carbons (Fsp3) is 0.818. The Morgan fingerprint density at radius 1 is 1.50 bits per heavy atom. The van der Waals surface area contributed by atoms with E-state index in [1.807, 2.05) is 7.05 Å². The molecule has 0 spiro atoms. The van der Waals surface area contributed by atoms with Crippen molar-refractivity contribution in [1.29, 1.82) is 0 Å². The molecule has 104 valence electrons. The molecule has 2 atom stereocenters. The highest BCUT2D eigenvalue weighted by atomic mass is 16.4. The summed E-state index contributed by atoms with van der Waals surface area (Å²) in [5.74, 6) is -0.850. The quantitative estimate of drug-likeness (QED) is 0.511. The molecule has 1 heterocycles. The molecule has 2 amide bonds. The van der Waals surface area contributed by atoms with Gasteiger partial charge >= 0.3 is 12.0 Å². The fourth-order valence-electron chi connectivity index (χ4n) is 2.07. The second-order valence-electron chi connectivity index (χ2n) is 4.70. The molecule has 0 bridgehead atoms. The molecular formula is C11H21N3O4. The Hall–Kier alpha value is -1.34. The van der Waals surface area contributed by atoms with Crippen LogP contribution in [0.4, 0.5) is 4.79 Å². The maximum Gasteiger partial charge on any atom is 0.328 e. The molecule has 1 saturated heterocycles. The van der Waals surface area contributed by atoms with Crippen molar-refractivity contribution < 1.29 is 19.8 Å². The van der Waals surface area contributed by atoms with Gasteiger partial charge in [-0.25, -0.2) is 9.59 Å². The minimum absolute atomic E-state index is 0.395. The summed E-state index contributed by atoms with van der Waals surface area (Å²) in [6, 6.07) is -1.80. The summed E-state index contributed by atoms with van der Waals surface area (Å²) < 4.78 is 0. The molecule has 4 N–H and O–H groups in total. The van der Waals surface area contributed by atoms with E-state index >= 15 is 0 Å². The number of hydrogen-bond donors (Lipinski definition) is 4. The van der Waals surface area contributed by atoms with E-state index in [0.29, 0.717) is 12.5 Å². The van der Waals surface area contributed by atoms with Crippen molar-refractivity contribution in [3.05, 3.63) is 0 Å². The predicted octanol–water partition coefficient (Wildman–Crippen LogP) is -0.927. The molecular weight excluding hydrogens is 238 g/mol. The van der Waals surface area contributed by atoms with Gasteiger partial charge in [-0.2, -0.15) is 0 Å². The lowest BCUT2D eigenvalue weighted by atomic mass is 9.99. The van der Waals surface area contributed by atoms with Crippen LogP contribution in [0.2, 0.25) is 0 Å². The third kappa shape index (κ3) is 4.89. The minimum Gasteiger partial charge on any atom is -0.480 e. The fourth-order valence-corrected chi connectivity index (χ4v) is 2.07. The third-order valence-electron chi connectivity index (χ3n) is 3.06. The summed E-state index contributed by atoms with van der Waals surface area (Å²) in [7, 11) is 2.04. The first-order valence-corrected chi connectivity index (χ1v) is 6.09. The lowest BCUT2D eigenvalue weighted by Crippen LogP contribution is -2.49. The SMILES string of the molecule is CN1CCCC(CNC(=O)N[C@H](CO)C(=O)O)C1. The lowest BCUT2D eigenvalue weighted by molar-refractivity contribution is -0.140. The van der Waals surface area contributed by atoms with Crippen molar-refractivity contribution in [3.8, 4) is 0 Å². The van der Waals surface area contributed by atoms with Crippen molar-refractivity contribution in [2.24, 2.45) is 5.92 Å². The molecule has 1 aliphatic rings. The highest BCUT2D eigenvalue weighted by Crippen LogP contribution is 2.13. The van der Waals surface area contributed by atoms with E-state index in [1.54, 1.807) is 0 Å². The average molecular weight is 259 g/mol. The summed E-state index contributed by atoms with van der Waals surface area (Å²) in [4.78, 5) is 24.2. The molecule has 0 aliphatic carbocycles. The molecule has 0 radical (unpaired) electrons. The number of rotatable bonds is 5. The largest absolute Gasteiger partial charge is 0.480 e. The topological polar surface area (TPSA) is 102 Å². The number of aliphatic hydroxyl groups excluding tert-OH is 1. The van der Waals surface area contributed by atoms with Crippen LogP contribution in [0.1, 0.15) is 12.8 Å². The Balaban J connectivity index is 2.25. The van der Waals surface area contributed by atoms with Crippen LogP contribution in [-0.2, 0) is 4.79 Å². The summed E-state index contributed by atoms with van der Waals surface area (Å²) in [5.41, 5.74) is 0. The Bertz CT molecular complexity index is 298. The highest BCUT2D eigenvalue weighted by molar-refractivity contribution is 5.82. The summed E-state index contributed by atoms with van der Waals surface area (Å²) in [6.45, 7) is 1.92. The number of nitrogens with zero attached hydrogens (tertiary/aromatic N) is 1. The van der Waals surface area contributed by atoms with Crippen molar-refractivity contribution in [1.82, 2.24) is 15.5 Å². The molecule has 1 aliphatic heterocycles. The van der Waals surface area contributed by atoms with Crippen molar-refractivity contribution in [3.63, 3.8) is 0 Å². The van der Waals surface area contributed by atoms with Crippen LogP contribution >= 0.6 is 0 Å². The van der Waals surface area contributed by atoms with Gasteiger partial charge in [0.05, 0.1) is 6.61 Å². The zero-order valence-corrected chi connectivity index (χ0v) is 10.6. The van der Waals surface area contributed by atoms with Gasteiger partial charge in [-0.15, -0.1) is 0 Å². The smallest absolute Gasteiger partial charge is 0.328 e. The number of urea groups is 1. The van der Waals surface area contributed by atoms with Gasteiger partial charge in [-0.05, 0) is 32.4 Å². The van der Waals surface area contributed by atoms with Gasteiger partial charge in [0.2, 0.25) is 0 Å². The molecule has 7 nitrogen and oxygen atoms in total. The van der Waals surface area contributed by atoms with Crippen LogP contribution in [0.15, 0.2) is 0 Å². The number of aliphatic carboxylic acids is 1. The highest BCUT2D eigenvalue weighted by Gasteiger charge is 2.20. The van der Waals surface area contributed by atoms with Gasteiger partial charge in [0.15, 0.2) is 6.04 Å². The van der Waals surface area contributed by atoms with Crippen LogP contribution in [-0.4, -0.2) is 66.4 Å². The van der Waals surface area contributed by atoms with Crippen LogP contribution in [0, 0.1) is 5.92 Å². The van der Waals surface area contributed by atoms with Gasteiger partial charge in [0.1, 0.15) is 0 Å². The Morgan fingerprint density at radius 3 is 2.78 bits per heavy atom. The number of nitrogens with one attached hydrogen (secondary N) is 2. The molecule has 0 aromatic rings. The van der Waals surface area contributed by atoms with Crippen LogP contribution in [0.25, 0.3) is 0 Å². The first kappa shape index (κ1) is 14.7. The Labute approximate surface area is 106 Å². The van der Waals surface area contributed by atoms with E-state index in [0.717, 1.165) is 25.9 Å². The molecule has 0 aromatic heterocycles. The van der Waals surface area contributed by atoms with Gasteiger partial charge in [0.25, 0.3) is 0 Å². The first-order chi connectivity index (χ1) is 8.52. The maximum atomic E-state index is 11.4. The van der Waals surface area contributed by atoms with E-state index in [9.17, 15) is 9.59 Å². The number of carbonyl (C=O) groups excluding carboxylic acids is 1.